The monoisotopic (exact) mass is 325 g/mol. The molecule has 6 nitrogen and oxygen atoms in total. The number of nitrogens with zero attached hydrogens (tertiary/aromatic N) is 1. The van der Waals surface area contributed by atoms with Crippen LogP contribution >= 0.6 is 0 Å². The predicted octanol–water partition coefficient (Wildman–Crippen LogP) is 0.312. The second-order valence-electron chi connectivity index (χ2n) is 4.49. The third-order valence-electron chi connectivity index (χ3n) is 3.11. The number of β-amino-alcohol motifs (C(OH)–C–C–N with tert-alkyl or cyclic N) is 1. The number of sulfonamides is 1. The molecule has 10 heteroatoms. The Kier molecular flexibility index (Phi) is 3.95. The van der Waals surface area contributed by atoms with Gasteiger partial charge in [0.05, 0.1) is 6.10 Å². The normalized spacial score (nSPS) is 23.4. The molecule has 1 fully saturated rings. The first-order valence-electron chi connectivity index (χ1n) is 5.72. The van der Waals surface area contributed by atoms with E-state index in [1.165, 1.54) is 0 Å². The number of hydrogen-bond acceptors (Lipinski definition) is 4. The van der Waals surface area contributed by atoms with Crippen LogP contribution in [0.25, 0.3) is 0 Å². The highest BCUT2D eigenvalue weighted by atomic mass is 32.2. The van der Waals surface area contributed by atoms with Gasteiger partial charge in [0.2, 0.25) is 10.0 Å². The highest BCUT2D eigenvalue weighted by molar-refractivity contribution is 7.89. The highest BCUT2D eigenvalue weighted by Crippen LogP contribution is 2.29. The maximum atomic E-state index is 13.6. The van der Waals surface area contributed by atoms with E-state index >= 15 is 0 Å². The van der Waals surface area contributed by atoms with Crippen molar-refractivity contribution in [3.63, 3.8) is 0 Å². The third kappa shape index (κ3) is 2.61. The van der Waals surface area contributed by atoms with Crippen LogP contribution in [0, 0.1) is 17.5 Å². The van der Waals surface area contributed by atoms with E-state index in [-0.39, 0.29) is 6.42 Å². The molecule has 2 atom stereocenters. The number of hydrogen-bond donors (Lipinski definition) is 2. The number of aliphatic carboxylic acids is 1. The van der Waals surface area contributed by atoms with Crippen LogP contribution in [0.2, 0.25) is 0 Å². The van der Waals surface area contributed by atoms with E-state index < -0.39 is 57.0 Å². The van der Waals surface area contributed by atoms with Crippen LogP contribution in [0.5, 0.6) is 0 Å². The van der Waals surface area contributed by atoms with Crippen LogP contribution in [0.1, 0.15) is 6.42 Å². The van der Waals surface area contributed by atoms with Gasteiger partial charge in [0.15, 0.2) is 17.5 Å². The Morgan fingerprint density at radius 2 is 1.86 bits per heavy atom. The molecule has 21 heavy (non-hydrogen) atoms. The lowest BCUT2D eigenvalue weighted by Gasteiger charge is -2.21. The zero-order valence-electron chi connectivity index (χ0n) is 10.3. The van der Waals surface area contributed by atoms with Gasteiger partial charge in [-0.15, -0.1) is 0 Å². The summed E-state index contributed by atoms with van der Waals surface area (Å²) in [7, 11) is -4.72. The molecule has 0 aromatic heterocycles. The van der Waals surface area contributed by atoms with Crippen LogP contribution < -0.4 is 0 Å². The van der Waals surface area contributed by atoms with Crippen molar-refractivity contribution in [1.29, 1.82) is 0 Å². The second-order valence-corrected chi connectivity index (χ2v) is 6.35. The van der Waals surface area contributed by atoms with E-state index in [0.29, 0.717) is 16.4 Å². The van der Waals surface area contributed by atoms with Gasteiger partial charge in [0.25, 0.3) is 0 Å². The number of halogens is 3. The molecule has 2 rings (SSSR count). The van der Waals surface area contributed by atoms with Crippen molar-refractivity contribution in [2.75, 3.05) is 6.54 Å². The number of carboxylic acid groups (broad SMARTS) is 1. The Labute approximate surface area is 117 Å². The Morgan fingerprint density at radius 1 is 1.24 bits per heavy atom. The molecule has 1 heterocycles. The van der Waals surface area contributed by atoms with Gasteiger partial charge in [-0.3, -0.25) is 4.79 Å². The molecule has 1 aliphatic rings. The van der Waals surface area contributed by atoms with E-state index in [9.17, 15) is 31.5 Å². The van der Waals surface area contributed by atoms with Crippen LogP contribution in [0.4, 0.5) is 13.2 Å². The first kappa shape index (κ1) is 15.7. The fourth-order valence-electron chi connectivity index (χ4n) is 2.11. The molecule has 0 aliphatic carbocycles. The minimum atomic E-state index is -4.72. The van der Waals surface area contributed by atoms with Gasteiger partial charge in [0, 0.05) is 13.0 Å². The number of aliphatic hydroxyl groups is 1. The van der Waals surface area contributed by atoms with Crippen LogP contribution in [-0.4, -0.2) is 47.6 Å². The molecule has 1 saturated heterocycles. The molecule has 0 spiro atoms. The maximum Gasteiger partial charge on any atom is 0.322 e. The van der Waals surface area contributed by atoms with Crippen LogP contribution in [-0.2, 0) is 14.8 Å². The predicted molar refractivity (Wildman–Crippen MR) is 62.3 cm³/mol. The van der Waals surface area contributed by atoms with E-state index in [2.05, 4.69) is 0 Å². The van der Waals surface area contributed by atoms with Gasteiger partial charge in [-0.2, -0.15) is 4.31 Å². The maximum absolute atomic E-state index is 13.6. The fourth-order valence-corrected chi connectivity index (χ4v) is 3.80. The minimum absolute atomic E-state index is 0.357. The van der Waals surface area contributed by atoms with Crippen molar-refractivity contribution in [1.82, 2.24) is 4.31 Å². The molecule has 0 unspecified atom stereocenters. The number of benzene rings is 1. The van der Waals surface area contributed by atoms with Crippen LogP contribution in [0.15, 0.2) is 17.0 Å². The highest BCUT2D eigenvalue weighted by Gasteiger charge is 2.44. The van der Waals surface area contributed by atoms with Crippen molar-refractivity contribution in [3.8, 4) is 0 Å². The van der Waals surface area contributed by atoms with E-state index in [1.807, 2.05) is 0 Å². The van der Waals surface area contributed by atoms with Gasteiger partial charge in [-0.1, -0.05) is 0 Å². The van der Waals surface area contributed by atoms with Gasteiger partial charge in [-0.25, -0.2) is 21.6 Å². The molecular formula is C11H10F3NO5S. The lowest BCUT2D eigenvalue weighted by atomic mass is 10.2. The first-order valence-corrected chi connectivity index (χ1v) is 7.16. The average molecular weight is 325 g/mol. The Hall–Kier alpha value is -1.65. The summed E-state index contributed by atoms with van der Waals surface area (Å²) < 4.78 is 64.3. The van der Waals surface area contributed by atoms with Crippen molar-refractivity contribution >= 4 is 16.0 Å². The van der Waals surface area contributed by atoms with E-state index in [4.69, 9.17) is 5.11 Å². The summed E-state index contributed by atoms with van der Waals surface area (Å²) in [4.78, 5) is 9.82. The molecule has 0 radical (unpaired) electrons. The van der Waals surface area contributed by atoms with Gasteiger partial charge in [-0.05, 0) is 12.1 Å². The summed E-state index contributed by atoms with van der Waals surface area (Å²) in [5.74, 6) is -7.00. The fraction of sp³-hybridized carbons (Fsp3) is 0.364. The average Bonchev–Trinajstić information content (AvgIpc) is 2.79. The second kappa shape index (κ2) is 5.28. The molecule has 2 N–H and O–H groups in total. The number of carboxylic acids is 1. The minimum Gasteiger partial charge on any atom is -0.480 e. The van der Waals surface area contributed by atoms with Crippen molar-refractivity contribution in [2.45, 2.75) is 23.5 Å². The molecule has 1 aliphatic heterocycles. The third-order valence-corrected chi connectivity index (χ3v) is 5.00. The van der Waals surface area contributed by atoms with Crippen LogP contribution in [0.3, 0.4) is 0 Å². The van der Waals surface area contributed by atoms with Gasteiger partial charge < -0.3 is 10.2 Å². The molecule has 1 aromatic carbocycles. The lowest BCUT2D eigenvalue weighted by molar-refractivity contribution is -0.140. The standard InChI is InChI=1S/C11H10F3NO5S/c12-6-1-2-8(10(14)9(6)13)21(19,20)15-4-5(16)3-7(15)11(17)18/h1-2,5,7,16H,3-4H2,(H,17,18)/t5-,7-/m0/s1. The Bertz CT molecular complexity index is 693. The number of aliphatic hydroxyl groups excluding tert-OH is 1. The molecular weight excluding hydrogens is 315 g/mol. The van der Waals surface area contributed by atoms with Crippen molar-refractivity contribution in [2.24, 2.45) is 0 Å². The summed E-state index contributed by atoms with van der Waals surface area (Å²) in [5.41, 5.74) is 0. The summed E-state index contributed by atoms with van der Waals surface area (Å²) >= 11 is 0. The molecule has 116 valence electrons. The van der Waals surface area contributed by atoms with Crippen molar-refractivity contribution < 1.29 is 36.6 Å². The van der Waals surface area contributed by atoms with E-state index in [1.54, 1.807) is 0 Å². The van der Waals surface area contributed by atoms with E-state index in [0.717, 1.165) is 0 Å². The Balaban J connectivity index is 2.52. The quantitative estimate of drug-likeness (QED) is 0.780. The first-order chi connectivity index (χ1) is 9.66. The molecule has 1 aromatic rings. The smallest absolute Gasteiger partial charge is 0.322 e. The lowest BCUT2D eigenvalue weighted by Crippen LogP contribution is -2.40. The number of carbonyl (C=O) groups is 1. The summed E-state index contributed by atoms with van der Waals surface area (Å²) in [6.45, 7) is -0.572. The zero-order valence-corrected chi connectivity index (χ0v) is 11.1. The summed E-state index contributed by atoms with van der Waals surface area (Å²) in [6, 6.07) is -0.669. The summed E-state index contributed by atoms with van der Waals surface area (Å²) in [6.07, 6.45) is -1.62. The largest absolute Gasteiger partial charge is 0.480 e. The molecule has 0 amide bonds. The Morgan fingerprint density at radius 3 is 2.43 bits per heavy atom. The SMILES string of the molecule is O=C(O)[C@@H]1C[C@H](O)CN1S(=O)(=O)c1ccc(F)c(F)c1F. The molecule has 0 bridgehead atoms. The number of rotatable bonds is 3. The van der Waals surface area contributed by atoms with Gasteiger partial charge in [0.1, 0.15) is 10.9 Å². The topological polar surface area (TPSA) is 94.9 Å². The zero-order chi connectivity index (χ0) is 15.9. The summed E-state index contributed by atoms with van der Waals surface area (Å²) in [5, 5.41) is 18.3. The molecule has 0 saturated carbocycles. The van der Waals surface area contributed by atoms with Gasteiger partial charge >= 0.3 is 5.97 Å². The van der Waals surface area contributed by atoms with Crippen molar-refractivity contribution in [3.05, 3.63) is 29.6 Å².